The number of hydrogen-bond donors (Lipinski definition) is 2. The Hall–Kier alpha value is -1.07. The quantitative estimate of drug-likeness (QED) is 0.658. The summed E-state index contributed by atoms with van der Waals surface area (Å²) < 4.78 is 9.76. The van der Waals surface area contributed by atoms with Crippen LogP contribution in [0.4, 0.5) is 0 Å². The minimum atomic E-state index is -0.677. The smallest absolute Gasteiger partial charge is 0.254 e. The van der Waals surface area contributed by atoms with Gasteiger partial charge in [0.2, 0.25) is 0 Å². The maximum atomic E-state index is 5.79. The Balaban J connectivity index is 2.88. The van der Waals surface area contributed by atoms with Crippen molar-refractivity contribution < 1.29 is 9.26 Å². The summed E-state index contributed by atoms with van der Waals surface area (Å²) in [5, 5.41) is 3.62. The van der Waals surface area contributed by atoms with Crippen molar-refractivity contribution in [1.82, 2.24) is 5.16 Å². The monoisotopic (exact) mass is 171 g/mol. The topological polar surface area (TPSA) is 87.3 Å². The van der Waals surface area contributed by atoms with E-state index < -0.39 is 5.54 Å². The van der Waals surface area contributed by atoms with Crippen LogP contribution in [0.3, 0.4) is 0 Å². The Morgan fingerprint density at radius 3 is 2.83 bits per heavy atom. The van der Waals surface area contributed by atoms with E-state index in [4.69, 9.17) is 20.7 Å². The molecule has 1 atom stereocenters. The van der Waals surface area contributed by atoms with Crippen molar-refractivity contribution in [2.24, 2.45) is 11.5 Å². The highest BCUT2D eigenvalue weighted by molar-refractivity contribution is 5.17. The van der Waals surface area contributed by atoms with Crippen molar-refractivity contribution in [2.75, 3.05) is 13.7 Å². The summed E-state index contributed by atoms with van der Waals surface area (Å²) in [4.78, 5) is 0. The molecule has 0 spiro atoms. The normalized spacial score (nSPS) is 15.7. The van der Waals surface area contributed by atoms with E-state index in [9.17, 15) is 0 Å². The zero-order valence-electron chi connectivity index (χ0n) is 7.20. The Morgan fingerprint density at radius 1 is 1.75 bits per heavy atom. The number of nitrogens with two attached hydrogens (primary N) is 2. The summed E-state index contributed by atoms with van der Waals surface area (Å²) in [5.74, 6) is 0.942. The zero-order valence-corrected chi connectivity index (χ0v) is 7.20. The largest absolute Gasteiger partial charge is 0.479 e. The minimum absolute atomic E-state index is 0.297. The molecule has 0 aliphatic rings. The predicted octanol–water partition coefficient (Wildman–Crippen LogP) is -0.184. The first-order valence-corrected chi connectivity index (χ1v) is 3.60. The molecule has 0 aromatic carbocycles. The van der Waals surface area contributed by atoms with E-state index in [1.807, 2.05) is 0 Å². The van der Waals surface area contributed by atoms with Crippen molar-refractivity contribution in [2.45, 2.75) is 12.5 Å². The molecule has 1 rings (SSSR count). The lowest BCUT2D eigenvalue weighted by molar-refractivity contribution is 0.290. The second kappa shape index (κ2) is 3.12. The number of hydrogen-bond acceptors (Lipinski definition) is 5. The molecule has 0 saturated heterocycles. The van der Waals surface area contributed by atoms with Crippen molar-refractivity contribution in [1.29, 1.82) is 0 Å². The molecule has 0 radical (unpaired) electrons. The number of ether oxygens (including phenoxy) is 1. The third-order valence-electron chi connectivity index (χ3n) is 1.68. The van der Waals surface area contributed by atoms with E-state index in [0.717, 1.165) is 0 Å². The molecular weight excluding hydrogens is 158 g/mol. The molecule has 1 aromatic heterocycles. The van der Waals surface area contributed by atoms with Crippen molar-refractivity contribution >= 4 is 0 Å². The van der Waals surface area contributed by atoms with Gasteiger partial charge in [-0.3, -0.25) is 0 Å². The van der Waals surface area contributed by atoms with Gasteiger partial charge in [-0.05, 0) is 12.1 Å². The average molecular weight is 171 g/mol. The first-order valence-electron chi connectivity index (χ1n) is 3.60. The Labute approximate surface area is 70.6 Å². The fourth-order valence-electron chi connectivity index (χ4n) is 0.725. The van der Waals surface area contributed by atoms with Gasteiger partial charge in [0.05, 0.1) is 12.6 Å². The van der Waals surface area contributed by atoms with Crippen LogP contribution >= 0.6 is 0 Å². The molecule has 5 nitrogen and oxygen atoms in total. The lowest BCUT2D eigenvalue weighted by atomic mass is 10.0. The van der Waals surface area contributed by atoms with Gasteiger partial charge in [-0.2, -0.15) is 0 Å². The molecule has 0 aliphatic carbocycles. The van der Waals surface area contributed by atoms with Gasteiger partial charge in [0.1, 0.15) is 0 Å². The highest BCUT2D eigenvalue weighted by Crippen LogP contribution is 2.20. The molecule has 1 heterocycles. The molecular formula is C7H13N3O2. The van der Waals surface area contributed by atoms with E-state index >= 15 is 0 Å². The van der Waals surface area contributed by atoms with Gasteiger partial charge in [0.15, 0.2) is 5.76 Å². The van der Waals surface area contributed by atoms with Crippen LogP contribution in [0.15, 0.2) is 10.6 Å². The van der Waals surface area contributed by atoms with Crippen LogP contribution in [0.25, 0.3) is 0 Å². The summed E-state index contributed by atoms with van der Waals surface area (Å²) in [6.07, 6.45) is 0. The molecule has 0 saturated carbocycles. The lowest BCUT2D eigenvalue weighted by Gasteiger charge is -2.17. The van der Waals surface area contributed by atoms with Gasteiger partial charge in [0, 0.05) is 12.6 Å². The Morgan fingerprint density at radius 2 is 2.42 bits per heavy atom. The van der Waals surface area contributed by atoms with Gasteiger partial charge >= 0.3 is 0 Å². The number of rotatable bonds is 3. The fraction of sp³-hybridized carbons (Fsp3) is 0.571. The van der Waals surface area contributed by atoms with E-state index in [1.165, 1.54) is 7.11 Å². The van der Waals surface area contributed by atoms with Gasteiger partial charge in [0.25, 0.3) is 5.88 Å². The second-order valence-corrected chi connectivity index (χ2v) is 2.86. The third-order valence-corrected chi connectivity index (χ3v) is 1.68. The van der Waals surface area contributed by atoms with Crippen LogP contribution in [-0.4, -0.2) is 18.8 Å². The van der Waals surface area contributed by atoms with Gasteiger partial charge < -0.3 is 20.7 Å². The Kier molecular flexibility index (Phi) is 2.35. The molecule has 1 aromatic rings. The number of methoxy groups -OCH3 is 1. The predicted molar refractivity (Wildman–Crippen MR) is 43.6 cm³/mol. The fourth-order valence-corrected chi connectivity index (χ4v) is 0.725. The summed E-state index contributed by atoms with van der Waals surface area (Å²) in [5.41, 5.74) is 10.5. The molecule has 12 heavy (non-hydrogen) atoms. The van der Waals surface area contributed by atoms with Crippen molar-refractivity contribution in [3.63, 3.8) is 0 Å². The molecule has 1 unspecified atom stereocenters. The highest BCUT2D eigenvalue weighted by atomic mass is 16.5. The molecule has 0 aliphatic heterocycles. The van der Waals surface area contributed by atoms with Crippen molar-refractivity contribution in [3.05, 3.63) is 11.8 Å². The molecule has 0 bridgehead atoms. The van der Waals surface area contributed by atoms with E-state index in [-0.39, 0.29) is 0 Å². The SMILES string of the molecule is COc1cc(C(C)(N)CN)on1. The van der Waals surface area contributed by atoms with Gasteiger partial charge in [-0.1, -0.05) is 0 Å². The first-order chi connectivity index (χ1) is 5.60. The second-order valence-electron chi connectivity index (χ2n) is 2.86. The summed E-state index contributed by atoms with van der Waals surface area (Å²) in [6.45, 7) is 2.07. The summed E-state index contributed by atoms with van der Waals surface area (Å²) >= 11 is 0. The lowest BCUT2D eigenvalue weighted by Crippen LogP contribution is -2.40. The standard InChI is InChI=1S/C7H13N3O2/c1-7(9,4-8)5-3-6(11-2)10-12-5/h3H,4,8-9H2,1-2H3. The minimum Gasteiger partial charge on any atom is -0.479 e. The highest BCUT2D eigenvalue weighted by Gasteiger charge is 2.24. The van der Waals surface area contributed by atoms with E-state index in [0.29, 0.717) is 18.2 Å². The van der Waals surface area contributed by atoms with Crippen LogP contribution in [0.2, 0.25) is 0 Å². The van der Waals surface area contributed by atoms with Crippen LogP contribution < -0.4 is 16.2 Å². The molecule has 4 N–H and O–H groups in total. The van der Waals surface area contributed by atoms with Crippen molar-refractivity contribution in [3.8, 4) is 5.88 Å². The maximum Gasteiger partial charge on any atom is 0.254 e. The number of nitrogens with zero attached hydrogens (tertiary/aromatic N) is 1. The van der Waals surface area contributed by atoms with E-state index in [2.05, 4.69) is 5.16 Å². The molecule has 0 fully saturated rings. The summed E-state index contributed by atoms with van der Waals surface area (Å²) in [6, 6.07) is 1.63. The Bertz CT molecular complexity index is 257. The van der Waals surface area contributed by atoms with Crippen LogP contribution in [-0.2, 0) is 5.54 Å². The molecule has 68 valence electrons. The van der Waals surface area contributed by atoms with Crippen LogP contribution in [0, 0.1) is 0 Å². The third kappa shape index (κ3) is 1.57. The first kappa shape index (κ1) is 9.02. The molecule has 0 amide bonds. The van der Waals surface area contributed by atoms with Gasteiger partial charge in [-0.15, -0.1) is 0 Å². The van der Waals surface area contributed by atoms with Crippen LogP contribution in [0.5, 0.6) is 5.88 Å². The summed E-state index contributed by atoms with van der Waals surface area (Å²) in [7, 11) is 1.51. The average Bonchev–Trinajstić information content (AvgIpc) is 2.52. The van der Waals surface area contributed by atoms with Crippen LogP contribution in [0.1, 0.15) is 12.7 Å². The number of aromatic nitrogens is 1. The van der Waals surface area contributed by atoms with Gasteiger partial charge in [-0.25, -0.2) is 0 Å². The van der Waals surface area contributed by atoms with E-state index in [1.54, 1.807) is 13.0 Å². The zero-order chi connectivity index (χ0) is 9.19. The maximum absolute atomic E-state index is 5.79. The molecule has 5 heteroatoms.